The van der Waals surface area contributed by atoms with Gasteiger partial charge in [0.05, 0.1) is 33.1 Å². The van der Waals surface area contributed by atoms with E-state index in [1.807, 2.05) is 0 Å². The highest BCUT2D eigenvalue weighted by molar-refractivity contribution is 6.14. The van der Waals surface area contributed by atoms with Gasteiger partial charge in [-0.1, -0.05) is 174 Å². The van der Waals surface area contributed by atoms with Gasteiger partial charge in [0.2, 0.25) is 0 Å². The second-order valence-electron chi connectivity index (χ2n) is 24.8. The smallest absolute Gasteiger partial charge is 0.0542 e. The molecule has 73 heavy (non-hydrogen) atoms. The zero-order chi connectivity index (χ0) is 50.9. The molecule has 0 unspecified atom stereocenters. The van der Waals surface area contributed by atoms with Crippen molar-refractivity contribution >= 4 is 65.4 Å². The topological polar surface area (TPSA) is 14.8 Å². The summed E-state index contributed by atoms with van der Waals surface area (Å²) in [4.78, 5) is 0. The molecule has 9 aromatic carbocycles. The van der Waals surface area contributed by atoms with Crippen LogP contribution in [0.1, 0.15) is 105 Å². The van der Waals surface area contributed by atoms with Gasteiger partial charge in [0.1, 0.15) is 0 Å². The lowest BCUT2D eigenvalue weighted by Gasteiger charge is -2.19. The Bertz CT molecular complexity index is 3810. The van der Waals surface area contributed by atoms with Crippen LogP contribution in [0.5, 0.6) is 0 Å². The Labute approximate surface area is 431 Å². The van der Waals surface area contributed by atoms with Gasteiger partial charge in [0.25, 0.3) is 0 Å². The minimum Gasteiger partial charge on any atom is -0.309 e. The summed E-state index contributed by atoms with van der Waals surface area (Å²) >= 11 is 0. The highest BCUT2D eigenvalue weighted by Gasteiger charge is 2.25. The molecule has 0 N–H and O–H groups in total. The number of aromatic nitrogens is 3. The lowest BCUT2D eigenvalue weighted by Crippen LogP contribution is -2.10. The van der Waals surface area contributed by atoms with Gasteiger partial charge in [-0.15, -0.1) is 0 Å². The van der Waals surface area contributed by atoms with Gasteiger partial charge in [0.15, 0.2) is 0 Å². The second kappa shape index (κ2) is 16.5. The lowest BCUT2D eigenvalue weighted by atomic mass is 9.85. The van der Waals surface area contributed by atoms with Gasteiger partial charge >= 0.3 is 0 Å². The Morgan fingerprint density at radius 2 is 0.521 bits per heavy atom. The van der Waals surface area contributed by atoms with Crippen LogP contribution in [0.15, 0.2) is 188 Å². The zero-order valence-corrected chi connectivity index (χ0v) is 44.7. The molecule has 0 radical (unpaired) electrons. The normalized spacial score (nSPS) is 12.9. The van der Waals surface area contributed by atoms with Crippen molar-refractivity contribution in [2.75, 3.05) is 0 Å². The second-order valence-corrected chi connectivity index (χ2v) is 24.8. The molecule has 3 heteroatoms. The van der Waals surface area contributed by atoms with E-state index in [9.17, 15) is 0 Å². The van der Waals surface area contributed by atoms with Crippen LogP contribution >= 0.6 is 0 Å². The van der Waals surface area contributed by atoms with Gasteiger partial charge in [-0.25, -0.2) is 0 Å². The van der Waals surface area contributed by atoms with Gasteiger partial charge in [-0.2, -0.15) is 0 Å². The molecule has 3 nitrogen and oxygen atoms in total. The fourth-order valence-electron chi connectivity index (χ4n) is 11.4. The Morgan fingerprint density at radius 1 is 0.233 bits per heavy atom. The van der Waals surface area contributed by atoms with Crippen molar-refractivity contribution in [3.05, 3.63) is 210 Å². The van der Waals surface area contributed by atoms with Gasteiger partial charge < -0.3 is 13.7 Å². The molecule has 12 aromatic rings. The number of hydrogen-bond donors (Lipinski definition) is 0. The van der Waals surface area contributed by atoms with Gasteiger partial charge in [-0.05, 0) is 163 Å². The van der Waals surface area contributed by atoms with Crippen LogP contribution in [-0.2, 0) is 21.7 Å². The van der Waals surface area contributed by atoms with Crippen LogP contribution in [0.4, 0.5) is 0 Å². The van der Waals surface area contributed by atoms with Crippen molar-refractivity contribution in [1.82, 2.24) is 13.7 Å². The monoisotopic (exact) mass is 950 g/mol. The number of rotatable bonds is 5. The van der Waals surface area contributed by atoms with Crippen molar-refractivity contribution in [3.63, 3.8) is 0 Å². The standard InChI is InChI=1S/C70H67N3/c1-67(2,3)46-25-31-61-55(38-46)56-39-47(68(4,5)6)26-32-62(56)72(61)51-29-35-65-59(42-51)60-43-52(73-63-33-27-48(69(7,8)9)40-57(63)58-41-49(70(10,11)12)28-34-64(58)73)30-36-66(60)71(65)50-22-18-21-45(37-50)54-24-17-16-23-53(54)44-19-14-13-15-20-44/h13-43H,1-12H3. The van der Waals surface area contributed by atoms with Crippen LogP contribution < -0.4 is 0 Å². The molecular weight excluding hydrogens is 883 g/mol. The predicted octanol–water partition coefficient (Wildman–Crippen LogP) is 19.5. The fraction of sp³-hybridized carbons (Fsp3) is 0.229. The van der Waals surface area contributed by atoms with Crippen molar-refractivity contribution in [1.29, 1.82) is 0 Å². The minimum atomic E-state index is 0.0176. The molecular formula is C70H67N3. The maximum absolute atomic E-state index is 2.50. The van der Waals surface area contributed by atoms with E-state index in [4.69, 9.17) is 0 Å². The average molecular weight is 950 g/mol. The molecule has 0 saturated carbocycles. The maximum atomic E-state index is 2.50. The molecule has 0 bridgehead atoms. The summed E-state index contributed by atoms with van der Waals surface area (Å²) in [5, 5.41) is 7.59. The van der Waals surface area contributed by atoms with Crippen LogP contribution in [0.3, 0.4) is 0 Å². The highest BCUT2D eigenvalue weighted by Crippen LogP contribution is 2.43. The van der Waals surface area contributed by atoms with Crippen LogP contribution in [-0.4, -0.2) is 13.7 Å². The number of nitrogens with zero attached hydrogens (tertiary/aromatic N) is 3. The van der Waals surface area contributed by atoms with E-state index in [1.54, 1.807) is 0 Å². The largest absolute Gasteiger partial charge is 0.309 e. The Kier molecular flexibility index (Phi) is 10.5. The van der Waals surface area contributed by atoms with E-state index in [-0.39, 0.29) is 21.7 Å². The van der Waals surface area contributed by atoms with Crippen molar-refractivity contribution in [2.45, 2.75) is 105 Å². The highest BCUT2D eigenvalue weighted by atomic mass is 15.0. The summed E-state index contributed by atoms with van der Waals surface area (Å²) in [5.41, 5.74) is 20.9. The molecule has 0 aliphatic heterocycles. The predicted molar refractivity (Wildman–Crippen MR) is 315 cm³/mol. The maximum Gasteiger partial charge on any atom is 0.0542 e. The first-order valence-corrected chi connectivity index (χ1v) is 26.3. The van der Waals surface area contributed by atoms with Crippen LogP contribution in [0.25, 0.3) is 105 Å². The SMILES string of the molecule is CC(C)(C)c1ccc2c(c1)c1cc(C(C)(C)C)ccc1n2-c1ccc2c(c1)c1cc(-n3c4ccc(C(C)(C)C)cc4c4cc(C(C)(C)C)ccc43)ccc1n2-c1cccc(-c2ccccc2-c2ccccc2)c1. The fourth-order valence-corrected chi connectivity index (χ4v) is 11.4. The van der Waals surface area contributed by atoms with Crippen LogP contribution in [0.2, 0.25) is 0 Å². The quantitative estimate of drug-likeness (QED) is 0.163. The average Bonchev–Trinajstić information content (AvgIpc) is 3.99. The van der Waals surface area contributed by atoms with Crippen molar-refractivity contribution < 1.29 is 0 Å². The first-order valence-electron chi connectivity index (χ1n) is 26.3. The Hall–Kier alpha value is -7.62. The molecule has 3 aromatic heterocycles. The van der Waals surface area contributed by atoms with Gasteiger partial charge in [-0.3, -0.25) is 0 Å². The number of fused-ring (bicyclic) bond motifs is 9. The molecule has 0 saturated heterocycles. The van der Waals surface area contributed by atoms with Crippen molar-refractivity contribution in [3.8, 4) is 39.3 Å². The molecule has 0 spiro atoms. The van der Waals surface area contributed by atoms with Crippen molar-refractivity contribution in [2.24, 2.45) is 0 Å². The van der Waals surface area contributed by atoms with Gasteiger partial charge in [0, 0.05) is 49.4 Å². The summed E-state index contributed by atoms with van der Waals surface area (Å²) in [7, 11) is 0. The molecule has 3 heterocycles. The molecule has 12 rings (SSSR count). The third-order valence-electron chi connectivity index (χ3n) is 15.7. The Morgan fingerprint density at radius 3 is 0.877 bits per heavy atom. The molecule has 0 atom stereocenters. The summed E-state index contributed by atoms with van der Waals surface area (Å²) in [6, 6.07) is 71.6. The minimum absolute atomic E-state index is 0.0176. The zero-order valence-electron chi connectivity index (χ0n) is 44.7. The van der Waals surface area contributed by atoms with E-state index in [0.717, 1.165) is 17.1 Å². The van der Waals surface area contributed by atoms with E-state index >= 15 is 0 Å². The molecule has 362 valence electrons. The lowest BCUT2D eigenvalue weighted by molar-refractivity contribution is 0.590. The summed E-state index contributed by atoms with van der Waals surface area (Å²) in [6.07, 6.45) is 0. The summed E-state index contributed by atoms with van der Waals surface area (Å²) < 4.78 is 7.49. The molecule has 0 aliphatic rings. The van der Waals surface area contributed by atoms with E-state index in [0.29, 0.717) is 0 Å². The molecule has 0 aliphatic carbocycles. The first kappa shape index (κ1) is 46.5. The third kappa shape index (κ3) is 7.79. The van der Waals surface area contributed by atoms with E-state index < -0.39 is 0 Å². The summed E-state index contributed by atoms with van der Waals surface area (Å²) in [5.74, 6) is 0. The molecule has 0 fully saturated rings. The molecule has 0 amide bonds. The summed E-state index contributed by atoms with van der Waals surface area (Å²) in [6.45, 7) is 27.8. The Balaban J connectivity index is 1.14. The number of benzene rings is 9. The first-order chi connectivity index (χ1) is 34.7. The third-order valence-corrected chi connectivity index (χ3v) is 15.7. The van der Waals surface area contributed by atoms with E-state index in [2.05, 4.69) is 285 Å². The van der Waals surface area contributed by atoms with E-state index in [1.165, 1.54) is 110 Å². The van der Waals surface area contributed by atoms with Crippen LogP contribution in [0, 0.1) is 0 Å². The number of hydrogen-bond acceptors (Lipinski definition) is 0.